The highest BCUT2D eigenvalue weighted by Crippen LogP contribution is 2.48. The van der Waals surface area contributed by atoms with Gasteiger partial charge in [-0.3, -0.25) is 4.57 Å². The molecule has 268 valence electrons. The van der Waals surface area contributed by atoms with Gasteiger partial charge in [-0.1, -0.05) is 182 Å². The first kappa shape index (κ1) is 32.8. The van der Waals surface area contributed by atoms with Gasteiger partial charge >= 0.3 is 0 Å². The summed E-state index contributed by atoms with van der Waals surface area (Å²) in [6, 6.07) is 72.1. The molecule has 5 heteroatoms. The fourth-order valence-electron chi connectivity index (χ4n) is 8.80. The van der Waals surface area contributed by atoms with Gasteiger partial charge in [-0.25, -0.2) is 4.98 Å². The molecule has 0 spiro atoms. The van der Waals surface area contributed by atoms with Crippen molar-refractivity contribution in [2.75, 3.05) is 0 Å². The van der Waals surface area contributed by atoms with Gasteiger partial charge in [-0.2, -0.15) is 9.97 Å². The molecular formula is C52H34N4O. The molecule has 0 aliphatic heterocycles. The highest BCUT2D eigenvalue weighted by atomic mass is 16.3. The van der Waals surface area contributed by atoms with E-state index in [1.807, 2.05) is 24.3 Å². The Morgan fingerprint density at radius 1 is 0.368 bits per heavy atom. The highest BCUT2D eigenvalue weighted by molar-refractivity contribution is 6.10. The van der Waals surface area contributed by atoms with E-state index in [1.165, 1.54) is 0 Å². The maximum absolute atomic E-state index is 6.60. The van der Waals surface area contributed by atoms with Crippen LogP contribution in [0.15, 0.2) is 211 Å². The summed E-state index contributed by atoms with van der Waals surface area (Å²) in [5, 5.41) is 4.33. The minimum absolute atomic E-state index is 0.528. The monoisotopic (exact) mass is 730 g/mol. The van der Waals surface area contributed by atoms with Crippen LogP contribution >= 0.6 is 0 Å². The summed E-state index contributed by atoms with van der Waals surface area (Å²) in [5.74, 6) is 1.62. The Kier molecular flexibility index (Phi) is 7.64. The molecule has 0 atom stereocenters. The molecule has 5 nitrogen and oxygen atoms in total. The standard InChI is InChI=1S/C52H34N4O/c1-4-19-35(20-5-1)52(36-21-6-2-7-22-36,37-23-8-3-9-24-37)44-31-14-10-28-42(44)49-53-50(43-30-18-29-41-40-27-13-17-34-47(40)57-48(41)43)55-51(54-49)56-45-32-15-11-25-38(45)39-26-12-16-33-46(39)56/h1-34H. The third kappa shape index (κ3) is 5.13. The number of hydrogen-bond donors (Lipinski definition) is 0. The largest absolute Gasteiger partial charge is 0.455 e. The molecule has 0 aliphatic rings. The Hall–Kier alpha value is -7.63. The van der Waals surface area contributed by atoms with Crippen LogP contribution in [-0.4, -0.2) is 19.5 Å². The molecule has 0 fully saturated rings. The van der Waals surface area contributed by atoms with E-state index in [1.54, 1.807) is 0 Å². The van der Waals surface area contributed by atoms with Crippen LogP contribution in [0.25, 0.3) is 72.5 Å². The van der Waals surface area contributed by atoms with Crippen LogP contribution in [0.2, 0.25) is 0 Å². The lowest BCUT2D eigenvalue weighted by Crippen LogP contribution is -2.31. The number of aromatic nitrogens is 4. The lowest BCUT2D eigenvalue weighted by Gasteiger charge is -2.38. The summed E-state index contributed by atoms with van der Waals surface area (Å²) < 4.78 is 8.77. The second-order valence-electron chi connectivity index (χ2n) is 14.3. The van der Waals surface area contributed by atoms with Crippen molar-refractivity contribution in [3.63, 3.8) is 0 Å². The van der Waals surface area contributed by atoms with E-state index in [4.69, 9.17) is 19.4 Å². The summed E-state index contributed by atoms with van der Waals surface area (Å²) in [6.07, 6.45) is 0. The number of benzene rings is 8. The molecule has 11 rings (SSSR count). The van der Waals surface area contributed by atoms with Crippen molar-refractivity contribution < 1.29 is 4.42 Å². The maximum atomic E-state index is 6.60. The summed E-state index contributed by atoms with van der Waals surface area (Å²) in [6.45, 7) is 0. The fourth-order valence-corrected chi connectivity index (χ4v) is 8.80. The first-order chi connectivity index (χ1) is 28.3. The number of rotatable bonds is 7. The first-order valence-corrected chi connectivity index (χ1v) is 19.2. The predicted octanol–water partition coefficient (Wildman–Crippen LogP) is 12.6. The Balaban J connectivity index is 1.26. The van der Waals surface area contributed by atoms with Crippen LogP contribution in [0.5, 0.6) is 0 Å². The molecule has 0 saturated carbocycles. The van der Waals surface area contributed by atoms with Gasteiger partial charge in [0.15, 0.2) is 11.6 Å². The van der Waals surface area contributed by atoms with E-state index in [2.05, 4.69) is 187 Å². The summed E-state index contributed by atoms with van der Waals surface area (Å²) >= 11 is 0. The molecular weight excluding hydrogens is 697 g/mol. The van der Waals surface area contributed by atoms with Gasteiger partial charge in [-0.05, 0) is 46.5 Å². The van der Waals surface area contributed by atoms with E-state index in [0.29, 0.717) is 17.6 Å². The zero-order valence-electron chi connectivity index (χ0n) is 30.8. The average molecular weight is 731 g/mol. The van der Waals surface area contributed by atoms with Gasteiger partial charge in [0.2, 0.25) is 5.95 Å². The van der Waals surface area contributed by atoms with Crippen molar-refractivity contribution in [1.82, 2.24) is 19.5 Å². The molecule has 8 aromatic carbocycles. The fraction of sp³-hybridized carbons (Fsp3) is 0.0192. The third-order valence-electron chi connectivity index (χ3n) is 11.2. The molecule has 0 unspecified atom stereocenters. The van der Waals surface area contributed by atoms with Crippen LogP contribution in [0.1, 0.15) is 22.3 Å². The zero-order valence-corrected chi connectivity index (χ0v) is 30.8. The van der Waals surface area contributed by atoms with Gasteiger partial charge in [0.05, 0.1) is 22.0 Å². The highest BCUT2D eigenvalue weighted by Gasteiger charge is 2.40. The molecule has 11 aromatic rings. The molecule has 57 heavy (non-hydrogen) atoms. The quantitative estimate of drug-likeness (QED) is 0.153. The van der Waals surface area contributed by atoms with Crippen molar-refractivity contribution in [3.8, 4) is 28.7 Å². The number of hydrogen-bond acceptors (Lipinski definition) is 4. The normalized spacial score (nSPS) is 11.9. The number of furan rings is 1. The summed E-state index contributed by atoms with van der Waals surface area (Å²) in [5.41, 5.74) is 9.04. The van der Waals surface area contributed by atoms with Crippen molar-refractivity contribution in [1.29, 1.82) is 0 Å². The van der Waals surface area contributed by atoms with Gasteiger partial charge in [0.1, 0.15) is 11.2 Å². The molecule has 0 saturated heterocycles. The smallest absolute Gasteiger partial charge is 0.238 e. The van der Waals surface area contributed by atoms with E-state index in [-0.39, 0.29) is 0 Å². The molecule has 0 radical (unpaired) electrons. The second kappa shape index (κ2) is 13.3. The summed E-state index contributed by atoms with van der Waals surface area (Å²) in [4.78, 5) is 16.2. The third-order valence-corrected chi connectivity index (χ3v) is 11.2. The van der Waals surface area contributed by atoms with Crippen LogP contribution in [0.4, 0.5) is 0 Å². The Labute approximate surface area is 329 Å². The van der Waals surface area contributed by atoms with Crippen molar-refractivity contribution in [2.24, 2.45) is 0 Å². The van der Waals surface area contributed by atoms with Crippen molar-refractivity contribution in [3.05, 3.63) is 229 Å². The van der Waals surface area contributed by atoms with Gasteiger partial charge < -0.3 is 4.42 Å². The topological polar surface area (TPSA) is 56.7 Å². The Bertz CT molecular complexity index is 3090. The van der Waals surface area contributed by atoms with Crippen molar-refractivity contribution >= 4 is 43.7 Å². The predicted molar refractivity (Wildman–Crippen MR) is 231 cm³/mol. The van der Waals surface area contributed by atoms with E-state index < -0.39 is 5.41 Å². The van der Waals surface area contributed by atoms with E-state index in [0.717, 1.165) is 77.1 Å². The lowest BCUT2D eigenvalue weighted by molar-refractivity contribution is 0.669. The molecule has 0 bridgehead atoms. The minimum atomic E-state index is -0.723. The summed E-state index contributed by atoms with van der Waals surface area (Å²) in [7, 11) is 0. The molecule has 0 aliphatic carbocycles. The molecule has 3 heterocycles. The van der Waals surface area contributed by atoms with E-state index >= 15 is 0 Å². The van der Waals surface area contributed by atoms with Crippen molar-refractivity contribution in [2.45, 2.75) is 5.41 Å². The number of nitrogens with zero attached hydrogens (tertiary/aromatic N) is 4. The number of fused-ring (bicyclic) bond motifs is 6. The SMILES string of the molecule is c1ccc(C(c2ccccc2)(c2ccccc2)c2ccccc2-c2nc(-c3cccc4c3oc3ccccc34)nc(-n3c4ccccc4c4ccccc43)n2)cc1. The Morgan fingerprint density at radius 2 is 0.825 bits per heavy atom. The Morgan fingerprint density at radius 3 is 1.44 bits per heavy atom. The van der Waals surface area contributed by atoms with Crippen LogP contribution < -0.4 is 0 Å². The zero-order chi connectivity index (χ0) is 37.8. The van der Waals surface area contributed by atoms with Gasteiger partial charge in [-0.15, -0.1) is 0 Å². The molecule has 3 aromatic heterocycles. The number of para-hydroxylation sites is 4. The van der Waals surface area contributed by atoms with Crippen LogP contribution in [0, 0.1) is 0 Å². The molecule has 0 amide bonds. The maximum Gasteiger partial charge on any atom is 0.238 e. The first-order valence-electron chi connectivity index (χ1n) is 19.2. The minimum Gasteiger partial charge on any atom is -0.455 e. The van der Waals surface area contributed by atoms with E-state index in [9.17, 15) is 0 Å². The lowest BCUT2D eigenvalue weighted by atomic mass is 9.64. The van der Waals surface area contributed by atoms with Crippen LogP contribution in [0.3, 0.4) is 0 Å². The second-order valence-corrected chi connectivity index (χ2v) is 14.3. The average Bonchev–Trinajstić information content (AvgIpc) is 3.84. The van der Waals surface area contributed by atoms with Crippen LogP contribution in [-0.2, 0) is 5.41 Å². The molecule has 0 N–H and O–H groups in total. The van der Waals surface area contributed by atoms with Gasteiger partial charge in [0.25, 0.3) is 0 Å². The van der Waals surface area contributed by atoms with Gasteiger partial charge in [0, 0.05) is 27.1 Å².